The first-order valence-corrected chi connectivity index (χ1v) is 25.9. The topological polar surface area (TPSA) is 176 Å². The van der Waals surface area contributed by atoms with Crippen molar-refractivity contribution >= 4 is 28.7 Å². The molecule has 1 aromatic carbocycles. The fourth-order valence-electron chi connectivity index (χ4n) is 13.2. The van der Waals surface area contributed by atoms with Gasteiger partial charge >= 0.3 is 5.97 Å². The number of aromatic nitrogens is 5. The second-order valence-electron chi connectivity index (χ2n) is 23.1. The summed E-state index contributed by atoms with van der Waals surface area (Å²) in [6.07, 6.45) is 12.0. The van der Waals surface area contributed by atoms with Crippen LogP contribution in [0.2, 0.25) is 0 Å². The second-order valence-corrected chi connectivity index (χ2v) is 23.1. The molecule has 0 unspecified atom stereocenters. The maximum atomic E-state index is 15.6. The quantitative estimate of drug-likeness (QED) is 0.178. The van der Waals surface area contributed by atoms with Gasteiger partial charge < -0.3 is 23.8 Å². The van der Waals surface area contributed by atoms with Crippen LogP contribution in [0, 0.1) is 23.2 Å². The van der Waals surface area contributed by atoms with Gasteiger partial charge in [0.15, 0.2) is 0 Å². The van der Waals surface area contributed by atoms with Crippen LogP contribution in [0.15, 0.2) is 65.8 Å². The van der Waals surface area contributed by atoms with Crippen molar-refractivity contribution in [2.45, 2.75) is 120 Å². The highest BCUT2D eigenvalue weighted by atomic mass is 16.5. The van der Waals surface area contributed by atoms with E-state index in [9.17, 15) is 9.59 Å². The van der Waals surface area contributed by atoms with Gasteiger partial charge in [-0.1, -0.05) is 26.8 Å². The SMILES string of the molecule is CO[C@@H](C)c1ncccc1-c1c2c3cc(ccc3n1C1CN(C3CC3)C1)-c1coc(n1)[C@@H](N1CC3(CCN3C)C1)[C@H](NC(=O)[C@@H]1[C@@H](C)[C@H]1c1ccncn1)C(=O)N1N[C@H](C(=O)OCC(C)(C)C2)C2CC1C2. The molecule has 3 aliphatic carbocycles. The number of fused-ring (bicyclic) bond motifs is 4. The van der Waals surface area contributed by atoms with Crippen LogP contribution in [0.5, 0.6) is 0 Å². The Bertz CT molecular complexity index is 2920. The Morgan fingerprint density at radius 1 is 1.01 bits per heavy atom. The monoisotopic (exact) mass is 964 g/mol. The van der Waals surface area contributed by atoms with Crippen molar-refractivity contribution in [2.24, 2.45) is 23.2 Å². The fraction of sp³-hybridized carbons (Fsp3) is 0.574. The van der Waals surface area contributed by atoms with Crippen molar-refractivity contribution in [3.8, 4) is 22.5 Å². The number of carbonyl (C=O) groups is 3. The van der Waals surface area contributed by atoms with Gasteiger partial charge in [0, 0.05) is 115 Å². The molecule has 7 atom stereocenters. The number of hydrazine groups is 1. The van der Waals surface area contributed by atoms with Gasteiger partial charge in [-0.2, -0.15) is 0 Å². The Morgan fingerprint density at radius 2 is 1.83 bits per heavy atom. The Morgan fingerprint density at radius 3 is 2.55 bits per heavy atom. The molecule has 1 spiro atoms. The molecular weight excluding hydrogens is 899 g/mol. The molecule has 9 aliphatic rings. The number of nitrogens with zero attached hydrogens (tertiary/aromatic N) is 9. The summed E-state index contributed by atoms with van der Waals surface area (Å²) in [6.45, 7) is 12.9. The molecule has 10 heterocycles. The van der Waals surface area contributed by atoms with Gasteiger partial charge in [-0.25, -0.2) is 20.4 Å². The van der Waals surface area contributed by atoms with Crippen molar-refractivity contribution in [2.75, 3.05) is 53.5 Å². The number of carbonyl (C=O) groups excluding carboxylic acids is 3. The number of esters is 1. The Labute approximate surface area is 414 Å². The van der Waals surface area contributed by atoms with E-state index >= 15 is 4.79 Å². The van der Waals surface area contributed by atoms with Crippen LogP contribution in [-0.2, 0) is 30.3 Å². The number of amides is 2. The van der Waals surface area contributed by atoms with Crippen molar-refractivity contribution in [1.82, 2.24) is 55.0 Å². The standard InChI is InChI=1S/C54H65N11O6/c1-29-42(39-13-16-55-28-57-39)43(29)49(66)59-46-48(63-25-54(26-63)14-17-61(54)5)50-58-40(24-70-50)31-9-12-41-37(20-31)38(21-53(3,4)27-71-52(68)45-32-18-34(19-32)65(60-45)51(46)67)47(36-8-7-15-56-44(36)30(2)69-6)64(41)35-22-62(23-35)33-10-11-33/h7-9,12-13,15-16,20,24,28-30,32-35,42-43,45-46,48,60H,10-11,14,17-19,21-23,25-27H2,1-6H3,(H,59,66)/t29-,30-,32?,34?,42-,43+,45-,46-,48-/m0/s1. The van der Waals surface area contributed by atoms with Gasteiger partial charge in [0.2, 0.25) is 11.8 Å². The van der Waals surface area contributed by atoms with E-state index in [0.717, 1.165) is 70.7 Å². The summed E-state index contributed by atoms with van der Waals surface area (Å²) in [6, 6.07) is 10.8. The lowest BCUT2D eigenvalue weighted by Crippen LogP contribution is -2.78. The third kappa shape index (κ3) is 7.46. The second kappa shape index (κ2) is 16.7. The number of pyridine rings is 1. The smallest absolute Gasteiger partial charge is 0.325 e. The van der Waals surface area contributed by atoms with E-state index in [4.69, 9.17) is 23.9 Å². The van der Waals surface area contributed by atoms with Gasteiger partial charge in [-0.05, 0) is 100 Å². The highest BCUT2D eigenvalue weighted by molar-refractivity contribution is 5.96. The maximum absolute atomic E-state index is 15.6. The number of oxazole rings is 1. The van der Waals surface area contributed by atoms with E-state index < -0.39 is 29.5 Å². The molecule has 5 saturated heterocycles. The molecule has 3 saturated carbocycles. The summed E-state index contributed by atoms with van der Waals surface area (Å²) in [4.78, 5) is 70.9. The van der Waals surface area contributed by atoms with Gasteiger partial charge in [-0.15, -0.1) is 0 Å². The number of methoxy groups -OCH3 is 1. The third-order valence-electron chi connectivity index (χ3n) is 18.0. The van der Waals surface area contributed by atoms with E-state index in [1.54, 1.807) is 24.6 Å². The molecule has 0 radical (unpaired) electrons. The number of ether oxygens (including phenoxy) is 2. The average molecular weight is 964 g/mol. The molecule has 17 heteroatoms. The zero-order chi connectivity index (χ0) is 48.7. The highest BCUT2D eigenvalue weighted by Crippen LogP contribution is 2.54. The summed E-state index contributed by atoms with van der Waals surface area (Å²) >= 11 is 0. The van der Waals surface area contributed by atoms with Crippen LogP contribution in [-0.4, -0.2) is 145 Å². The van der Waals surface area contributed by atoms with Crippen molar-refractivity contribution in [3.63, 3.8) is 0 Å². The number of nitrogens with one attached hydrogen (secondary N) is 2. The van der Waals surface area contributed by atoms with Crippen LogP contribution in [0.4, 0.5) is 0 Å². The zero-order valence-electron chi connectivity index (χ0n) is 41.6. The normalized spacial score (nSPS) is 30.9. The first kappa shape index (κ1) is 45.3. The van der Waals surface area contributed by atoms with Crippen LogP contribution < -0.4 is 10.7 Å². The van der Waals surface area contributed by atoms with Crippen LogP contribution in [0.3, 0.4) is 0 Å². The van der Waals surface area contributed by atoms with E-state index in [1.807, 2.05) is 25.3 Å². The summed E-state index contributed by atoms with van der Waals surface area (Å²) in [7, 11) is 3.88. The van der Waals surface area contributed by atoms with Crippen LogP contribution >= 0.6 is 0 Å². The molecule has 5 aromatic rings. The highest BCUT2D eigenvalue weighted by Gasteiger charge is 2.60. The largest absolute Gasteiger partial charge is 0.464 e. The van der Waals surface area contributed by atoms with Gasteiger partial charge in [0.25, 0.3) is 5.91 Å². The Hall–Kier alpha value is -5.59. The average Bonchev–Trinajstić information content (AvgIpc) is 4.21. The Balaban J connectivity index is 0.957. The first-order valence-electron chi connectivity index (χ1n) is 25.9. The first-order chi connectivity index (χ1) is 34.3. The van der Waals surface area contributed by atoms with Crippen molar-refractivity contribution in [1.29, 1.82) is 0 Å². The molecule has 6 aliphatic heterocycles. The van der Waals surface area contributed by atoms with E-state index in [1.165, 1.54) is 19.2 Å². The molecule has 17 nitrogen and oxygen atoms in total. The lowest BCUT2D eigenvalue weighted by molar-refractivity contribution is -0.175. The van der Waals surface area contributed by atoms with E-state index in [-0.39, 0.29) is 65.9 Å². The number of likely N-dealkylation sites (tertiary alicyclic amines) is 3. The molecule has 2 amide bonds. The predicted octanol–water partition coefficient (Wildman–Crippen LogP) is 5.46. The van der Waals surface area contributed by atoms with E-state index in [2.05, 4.69) is 92.1 Å². The number of hydrogen-bond donors (Lipinski definition) is 2. The number of benzene rings is 1. The number of likely N-dealkylation sites (N-methyl/N-ethyl adjacent to an activating group) is 1. The number of rotatable bonds is 9. The molecular formula is C54H65N11O6. The van der Waals surface area contributed by atoms with Crippen molar-refractivity contribution < 1.29 is 28.3 Å². The Kier molecular flexibility index (Phi) is 10.7. The summed E-state index contributed by atoms with van der Waals surface area (Å²) in [5.74, 6) is -1.05. The fourth-order valence-corrected chi connectivity index (χ4v) is 13.2. The molecule has 2 N–H and O–H groups in total. The van der Waals surface area contributed by atoms with Crippen LogP contribution in [0.1, 0.15) is 107 Å². The van der Waals surface area contributed by atoms with Crippen LogP contribution in [0.25, 0.3) is 33.4 Å². The number of cyclic esters (lactones) is 1. The third-order valence-corrected chi connectivity index (χ3v) is 18.0. The molecule has 8 bridgehead atoms. The number of hydrogen-bond acceptors (Lipinski definition) is 14. The van der Waals surface area contributed by atoms with Crippen molar-refractivity contribution in [3.05, 3.63) is 84.2 Å². The predicted molar refractivity (Wildman–Crippen MR) is 262 cm³/mol. The molecule has 4 aromatic heterocycles. The molecule has 372 valence electrons. The lowest BCUT2D eigenvalue weighted by Gasteiger charge is -2.63. The summed E-state index contributed by atoms with van der Waals surface area (Å²) in [5, 5.41) is 6.02. The zero-order valence-corrected chi connectivity index (χ0v) is 41.6. The van der Waals surface area contributed by atoms with E-state index in [0.29, 0.717) is 50.0 Å². The molecule has 71 heavy (non-hydrogen) atoms. The maximum Gasteiger partial charge on any atom is 0.325 e. The molecule has 14 rings (SSSR count). The molecule has 8 fully saturated rings. The minimum Gasteiger partial charge on any atom is -0.464 e. The minimum absolute atomic E-state index is 0.00977. The lowest BCUT2D eigenvalue weighted by atomic mass is 9.72. The minimum atomic E-state index is -1.10. The van der Waals surface area contributed by atoms with Gasteiger partial charge in [0.05, 0.1) is 30.1 Å². The summed E-state index contributed by atoms with van der Waals surface area (Å²) < 4.78 is 21.5. The summed E-state index contributed by atoms with van der Waals surface area (Å²) in [5.41, 5.74) is 10.4. The van der Waals surface area contributed by atoms with Gasteiger partial charge in [-0.3, -0.25) is 39.1 Å². The van der Waals surface area contributed by atoms with Gasteiger partial charge in [0.1, 0.15) is 36.4 Å².